The van der Waals surface area contributed by atoms with Crippen molar-refractivity contribution in [3.05, 3.63) is 29.3 Å². The van der Waals surface area contributed by atoms with E-state index >= 15 is 0 Å². The Morgan fingerprint density at radius 3 is 2.39 bits per heavy atom. The average molecular weight is 244 g/mol. The Hall–Kier alpha value is -2.30. The highest BCUT2D eigenvalue weighted by Gasteiger charge is 2.13. The molecule has 0 radical (unpaired) electrons. The number of aromatic nitrogens is 2. The number of aryl methyl sites for hydroxylation is 2. The zero-order valence-corrected chi connectivity index (χ0v) is 10.7. The van der Waals surface area contributed by atoms with Gasteiger partial charge in [0, 0.05) is 11.6 Å². The second-order valence-corrected chi connectivity index (χ2v) is 4.20. The van der Waals surface area contributed by atoms with Gasteiger partial charge in [-0.3, -0.25) is 0 Å². The van der Waals surface area contributed by atoms with E-state index in [-0.39, 0.29) is 5.95 Å². The highest BCUT2D eigenvalue weighted by Crippen LogP contribution is 2.33. The van der Waals surface area contributed by atoms with Crippen LogP contribution >= 0.6 is 0 Å². The van der Waals surface area contributed by atoms with E-state index in [1.807, 2.05) is 19.9 Å². The van der Waals surface area contributed by atoms with Gasteiger partial charge >= 0.3 is 0 Å². The van der Waals surface area contributed by atoms with Crippen LogP contribution in [0.4, 0.5) is 11.8 Å². The molecule has 0 spiro atoms. The van der Waals surface area contributed by atoms with Crippen molar-refractivity contribution in [2.24, 2.45) is 0 Å². The summed E-state index contributed by atoms with van der Waals surface area (Å²) in [5.74, 6) is 1.26. The van der Waals surface area contributed by atoms with E-state index in [9.17, 15) is 0 Å². The van der Waals surface area contributed by atoms with Crippen LogP contribution < -0.4 is 16.2 Å². The van der Waals surface area contributed by atoms with Gasteiger partial charge in [0.1, 0.15) is 11.6 Å². The van der Waals surface area contributed by atoms with Gasteiger partial charge in [0.05, 0.1) is 12.8 Å². The fourth-order valence-electron chi connectivity index (χ4n) is 2.03. The van der Waals surface area contributed by atoms with Crippen LogP contribution in [0.5, 0.6) is 5.75 Å². The Labute approximate surface area is 106 Å². The molecule has 2 rings (SSSR count). The summed E-state index contributed by atoms with van der Waals surface area (Å²) in [6.07, 6.45) is 0. The number of anilines is 2. The van der Waals surface area contributed by atoms with Gasteiger partial charge in [-0.1, -0.05) is 6.07 Å². The lowest BCUT2D eigenvalue weighted by Crippen LogP contribution is -2.02. The molecule has 0 aliphatic carbocycles. The van der Waals surface area contributed by atoms with Gasteiger partial charge in [0.25, 0.3) is 0 Å². The molecule has 0 atom stereocenters. The first kappa shape index (κ1) is 12.2. The minimum Gasteiger partial charge on any atom is -0.496 e. The molecule has 1 aromatic heterocycles. The number of hydrogen-bond donors (Lipinski definition) is 2. The Morgan fingerprint density at radius 2 is 1.78 bits per heavy atom. The first-order chi connectivity index (χ1) is 8.51. The quantitative estimate of drug-likeness (QED) is 0.842. The Morgan fingerprint density at radius 1 is 1.06 bits per heavy atom. The fourth-order valence-corrected chi connectivity index (χ4v) is 2.03. The fraction of sp³-hybridized carbons (Fsp3) is 0.231. The summed E-state index contributed by atoms with van der Waals surface area (Å²) in [6, 6.07) is 5.71. The maximum Gasteiger partial charge on any atom is 0.222 e. The van der Waals surface area contributed by atoms with Crippen molar-refractivity contribution < 1.29 is 4.74 Å². The van der Waals surface area contributed by atoms with Crippen molar-refractivity contribution in [2.45, 2.75) is 13.8 Å². The molecule has 1 aromatic carbocycles. The van der Waals surface area contributed by atoms with Crippen molar-refractivity contribution in [1.29, 1.82) is 0 Å². The van der Waals surface area contributed by atoms with Crippen molar-refractivity contribution >= 4 is 11.8 Å². The summed E-state index contributed by atoms with van der Waals surface area (Å²) < 4.78 is 5.40. The van der Waals surface area contributed by atoms with Crippen LogP contribution in [0.25, 0.3) is 11.3 Å². The standard InChI is InChI=1S/C13H16N4O/c1-7-4-8(2)12(10(5-7)18-3)9-6-11(14)17-13(15)16-9/h4-6H,1-3H3,(H4,14,15,16,17). The Balaban J connectivity index is 2.69. The second-order valence-electron chi connectivity index (χ2n) is 4.20. The van der Waals surface area contributed by atoms with Crippen molar-refractivity contribution in [3.63, 3.8) is 0 Å². The number of benzene rings is 1. The Bertz CT molecular complexity index is 576. The van der Waals surface area contributed by atoms with E-state index in [4.69, 9.17) is 16.2 Å². The molecular formula is C13H16N4O. The lowest BCUT2D eigenvalue weighted by Gasteiger charge is -2.13. The van der Waals surface area contributed by atoms with Crippen LogP contribution in [-0.2, 0) is 0 Å². The van der Waals surface area contributed by atoms with E-state index in [1.165, 1.54) is 0 Å². The van der Waals surface area contributed by atoms with Gasteiger partial charge in [-0.05, 0) is 31.0 Å². The maximum absolute atomic E-state index is 5.70. The van der Waals surface area contributed by atoms with E-state index in [0.717, 1.165) is 22.4 Å². The lowest BCUT2D eigenvalue weighted by molar-refractivity contribution is 0.415. The zero-order chi connectivity index (χ0) is 13.3. The van der Waals surface area contributed by atoms with Crippen molar-refractivity contribution in [1.82, 2.24) is 9.97 Å². The van der Waals surface area contributed by atoms with Crippen LogP contribution in [0, 0.1) is 13.8 Å². The highest BCUT2D eigenvalue weighted by atomic mass is 16.5. The molecule has 0 aliphatic heterocycles. The summed E-state index contributed by atoms with van der Waals surface area (Å²) >= 11 is 0. The van der Waals surface area contributed by atoms with E-state index in [1.54, 1.807) is 13.2 Å². The topological polar surface area (TPSA) is 87.0 Å². The average Bonchev–Trinajstić information content (AvgIpc) is 2.26. The maximum atomic E-state index is 5.70. The normalized spacial score (nSPS) is 10.4. The monoisotopic (exact) mass is 244 g/mol. The molecule has 94 valence electrons. The molecule has 0 amide bonds. The third-order valence-electron chi connectivity index (χ3n) is 2.68. The van der Waals surface area contributed by atoms with Gasteiger partial charge in [-0.25, -0.2) is 4.98 Å². The van der Waals surface area contributed by atoms with Gasteiger partial charge in [0.2, 0.25) is 5.95 Å². The smallest absolute Gasteiger partial charge is 0.222 e. The first-order valence-electron chi connectivity index (χ1n) is 5.57. The van der Waals surface area contributed by atoms with Crippen molar-refractivity contribution in [2.75, 3.05) is 18.6 Å². The minimum absolute atomic E-state index is 0.159. The molecule has 5 heteroatoms. The predicted molar refractivity (Wildman–Crippen MR) is 72.3 cm³/mol. The summed E-state index contributed by atoms with van der Waals surface area (Å²) in [7, 11) is 1.63. The molecule has 0 unspecified atom stereocenters. The van der Waals surface area contributed by atoms with Crippen LogP contribution in [0.3, 0.4) is 0 Å². The summed E-state index contributed by atoms with van der Waals surface area (Å²) in [6.45, 7) is 4.02. The molecule has 18 heavy (non-hydrogen) atoms. The SMILES string of the molecule is COc1cc(C)cc(C)c1-c1cc(N)nc(N)n1. The molecule has 4 N–H and O–H groups in total. The largest absolute Gasteiger partial charge is 0.496 e. The molecule has 0 saturated carbocycles. The zero-order valence-electron chi connectivity index (χ0n) is 10.7. The minimum atomic E-state index is 0.159. The molecular weight excluding hydrogens is 228 g/mol. The summed E-state index contributed by atoms with van der Waals surface area (Å²) in [5.41, 5.74) is 15.1. The van der Waals surface area contributed by atoms with Gasteiger partial charge in [0.15, 0.2) is 0 Å². The number of ether oxygens (including phenoxy) is 1. The summed E-state index contributed by atoms with van der Waals surface area (Å²) in [4.78, 5) is 8.08. The van der Waals surface area contributed by atoms with Crippen molar-refractivity contribution in [3.8, 4) is 17.0 Å². The number of nitrogens with two attached hydrogens (primary N) is 2. The number of nitrogen functional groups attached to an aromatic ring is 2. The number of hydrogen-bond acceptors (Lipinski definition) is 5. The van der Waals surface area contributed by atoms with Gasteiger partial charge < -0.3 is 16.2 Å². The first-order valence-corrected chi connectivity index (χ1v) is 5.57. The van der Waals surface area contributed by atoms with Crippen LogP contribution in [-0.4, -0.2) is 17.1 Å². The molecule has 2 aromatic rings. The van der Waals surface area contributed by atoms with Crippen LogP contribution in [0.1, 0.15) is 11.1 Å². The van der Waals surface area contributed by atoms with E-state index in [0.29, 0.717) is 11.5 Å². The van der Waals surface area contributed by atoms with Crippen LogP contribution in [0.2, 0.25) is 0 Å². The predicted octanol–water partition coefficient (Wildman–Crippen LogP) is 1.93. The summed E-state index contributed by atoms with van der Waals surface area (Å²) in [5, 5.41) is 0. The number of nitrogens with zero attached hydrogens (tertiary/aromatic N) is 2. The van der Waals surface area contributed by atoms with E-state index in [2.05, 4.69) is 16.0 Å². The molecule has 0 aliphatic rings. The molecule has 0 bridgehead atoms. The molecule has 0 fully saturated rings. The molecule has 1 heterocycles. The third kappa shape index (κ3) is 2.20. The highest BCUT2D eigenvalue weighted by molar-refractivity contribution is 5.73. The van der Waals surface area contributed by atoms with Gasteiger partial charge in [-0.2, -0.15) is 4.98 Å². The Kier molecular flexibility index (Phi) is 3.06. The second kappa shape index (κ2) is 4.52. The third-order valence-corrected chi connectivity index (χ3v) is 2.68. The number of methoxy groups -OCH3 is 1. The molecule has 5 nitrogen and oxygen atoms in total. The van der Waals surface area contributed by atoms with E-state index < -0.39 is 0 Å². The van der Waals surface area contributed by atoms with Gasteiger partial charge in [-0.15, -0.1) is 0 Å². The van der Waals surface area contributed by atoms with Crippen LogP contribution in [0.15, 0.2) is 18.2 Å². The molecule has 0 saturated heterocycles. The lowest BCUT2D eigenvalue weighted by atomic mass is 10.0. The number of rotatable bonds is 2.